The van der Waals surface area contributed by atoms with Gasteiger partial charge in [0, 0.05) is 18.9 Å². The molecular formula is C23H31NO7. The van der Waals surface area contributed by atoms with Gasteiger partial charge in [-0.15, -0.1) is 0 Å². The van der Waals surface area contributed by atoms with Crippen molar-refractivity contribution in [1.82, 2.24) is 0 Å². The van der Waals surface area contributed by atoms with E-state index in [2.05, 4.69) is 16.0 Å². The lowest BCUT2D eigenvalue weighted by Gasteiger charge is -2.22. The number of fused-ring (bicyclic) bond motifs is 1. The second-order valence-corrected chi connectivity index (χ2v) is 7.82. The number of benzene rings is 1. The van der Waals surface area contributed by atoms with Crippen molar-refractivity contribution in [2.24, 2.45) is 11.1 Å². The number of aromatic hydroxyl groups is 2. The smallest absolute Gasteiger partial charge is 0.346 e. The Kier molecular flexibility index (Phi) is 9.37. The fourth-order valence-electron chi connectivity index (χ4n) is 3.26. The molecule has 0 amide bonds. The Hall–Kier alpha value is -3.03. The van der Waals surface area contributed by atoms with E-state index >= 15 is 0 Å². The molecule has 0 saturated carbocycles. The van der Waals surface area contributed by atoms with Gasteiger partial charge >= 0.3 is 11.9 Å². The van der Waals surface area contributed by atoms with Crippen molar-refractivity contribution in [2.45, 2.75) is 58.5 Å². The summed E-state index contributed by atoms with van der Waals surface area (Å²) in [6.45, 7) is 3.60. The molecule has 31 heavy (non-hydrogen) atoms. The van der Waals surface area contributed by atoms with Crippen LogP contribution in [0.25, 0.3) is 0 Å². The standard InChI is InChI=1S/C23H31NO7/c1-15(2)20-10-8-6-4-5-7-9-17(24-30-14-21(27)29-3)11-16-12-18(25)13-19(26)22(16)23(28)31-20/h6,8,12-13,15,20,25-26H,4-5,7,9-11,14H2,1-3H3/t20-/m0/s1. The van der Waals surface area contributed by atoms with E-state index in [4.69, 9.17) is 9.57 Å². The van der Waals surface area contributed by atoms with Gasteiger partial charge in [-0.1, -0.05) is 31.2 Å². The number of esters is 2. The van der Waals surface area contributed by atoms with E-state index in [1.807, 2.05) is 19.9 Å². The maximum absolute atomic E-state index is 13.0. The fraction of sp³-hybridized carbons (Fsp3) is 0.522. The summed E-state index contributed by atoms with van der Waals surface area (Å²) in [5, 5.41) is 24.4. The van der Waals surface area contributed by atoms with Crippen LogP contribution >= 0.6 is 0 Å². The van der Waals surface area contributed by atoms with Crippen LogP contribution in [0.1, 0.15) is 61.9 Å². The number of carbonyl (C=O) groups excluding carboxylic acids is 2. The van der Waals surface area contributed by atoms with Gasteiger partial charge in [-0.3, -0.25) is 0 Å². The number of ether oxygens (including phenoxy) is 2. The van der Waals surface area contributed by atoms with Crippen molar-refractivity contribution >= 4 is 17.7 Å². The minimum Gasteiger partial charge on any atom is -0.508 e. The molecule has 1 heterocycles. The van der Waals surface area contributed by atoms with Gasteiger partial charge < -0.3 is 24.5 Å². The Balaban J connectivity index is 2.39. The molecule has 1 aromatic carbocycles. The quantitative estimate of drug-likeness (QED) is 0.420. The average molecular weight is 434 g/mol. The summed E-state index contributed by atoms with van der Waals surface area (Å²) in [6, 6.07) is 2.51. The number of methoxy groups -OCH3 is 1. The normalized spacial score (nSPS) is 19.4. The van der Waals surface area contributed by atoms with E-state index in [1.54, 1.807) is 0 Å². The highest BCUT2D eigenvalue weighted by atomic mass is 16.6. The molecule has 0 unspecified atom stereocenters. The number of hydrogen-bond acceptors (Lipinski definition) is 8. The Bertz CT molecular complexity index is 829. The third-order valence-electron chi connectivity index (χ3n) is 5.01. The number of nitrogens with zero attached hydrogens (tertiary/aromatic N) is 1. The molecule has 0 bridgehead atoms. The van der Waals surface area contributed by atoms with Gasteiger partial charge in [0.1, 0.15) is 23.2 Å². The van der Waals surface area contributed by atoms with Crippen molar-refractivity contribution in [3.63, 3.8) is 0 Å². The van der Waals surface area contributed by atoms with Gasteiger partial charge in [0.25, 0.3) is 0 Å². The zero-order valence-electron chi connectivity index (χ0n) is 18.3. The first-order valence-electron chi connectivity index (χ1n) is 10.5. The first-order chi connectivity index (χ1) is 14.8. The Morgan fingerprint density at radius 3 is 2.74 bits per heavy atom. The number of phenolic OH excluding ortho intramolecular Hbond substituents is 2. The summed E-state index contributed by atoms with van der Waals surface area (Å²) in [6.07, 6.45) is 7.67. The fourth-order valence-corrected chi connectivity index (χ4v) is 3.26. The molecule has 0 aromatic heterocycles. The van der Waals surface area contributed by atoms with Gasteiger partial charge in [0.05, 0.1) is 12.8 Å². The van der Waals surface area contributed by atoms with Crippen molar-refractivity contribution in [3.05, 3.63) is 35.4 Å². The highest BCUT2D eigenvalue weighted by molar-refractivity contribution is 5.97. The summed E-state index contributed by atoms with van der Waals surface area (Å²) in [5.41, 5.74) is 0.938. The molecule has 1 aromatic rings. The van der Waals surface area contributed by atoms with Gasteiger partial charge in [-0.05, 0) is 43.2 Å². The first-order valence-corrected chi connectivity index (χ1v) is 10.5. The Labute approximate surface area is 182 Å². The zero-order chi connectivity index (χ0) is 22.8. The first kappa shape index (κ1) is 24.2. The largest absolute Gasteiger partial charge is 0.508 e. The molecule has 0 spiro atoms. The average Bonchev–Trinajstić information content (AvgIpc) is 2.70. The van der Waals surface area contributed by atoms with Gasteiger partial charge in [0.2, 0.25) is 6.61 Å². The van der Waals surface area contributed by atoms with Crippen LogP contribution in [0.2, 0.25) is 0 Å². The summed E-state index contributed by atoms with van der Waals surface area (Å²) in [7, 11) is 1.26. The second-order valence-electron chi connectivity index (χ2n) is 7.82. The maximum Gasteiger partial charge on any atom is 0.346 e. The molecule has 1 atom stereocenters. The predicted octanol–water partition coefficient (Wildman–Crippen LogP) is 3.89. The van der Waals surface area contributed by atoms with Gasteiger partial charge in [-0.25, -0.2) is 9.59 Å². The van der Waals surface area contributed by atoms with Crippen LogP contribution in [0.3, 0.4) is 0 Å². The van der Waals surface area contributed by atoms with Crippen LogP contribution in [0.4, 0.5) is 0 Å². The van der Waals surface area contributed by atoms with Crippen LogP contribution in [0.5, 0.6) is 11.5 Å². The number of cyclic esters (lactones) is 1. The number of hydrogen-bond donors (Lipinski definition) is 2. The minimum atomic E-state index is -0.661. The Morgan fingerprint density at radius 2 is 2.03 bits per heavy atom. The highest BCUT2D eigenvalue weighted by Crippen LogP contribution is 2.30. The number of allylic oxidation sites excluding steroid dienone is 1. The molecule has 8 heteroatoms. The predicted molar refractivity (Wildman–Crippen MR) is 115 cm³/mol. The second kappa shape index (κ2) is 12.0. The monoisotopic (exact) mass is 433 g/mol. The van der Waals surface area contributed by atoms with Crippen molar-refractivity contribution in [1.29, 1.82) is 0 Å². The van der Waals surface area contributed by atoms with Crippen LogP contribution in [-0.4, -0.2) is 47.7 Å². The molecule has 0 fully saturated rings. The van der Waals surface area contributed by atoms with E-state index in [0.717, 1.165) is 25.3 Å². The molecular weight excluding hydrogens is 402 g/mol. The van der Waals surface area contributed by atoms with E-state index < -0.39 is 11.9 Å². The van der Waals surface area contributed by atoms with Gasteiger partial charge in [0.15, 0.2) is 0 Å². The van der Waals surface area contributed by atoms with E-state index in [-0.39, 0.29) is 42.1 Å². The van der Waals surface area contributed by atoms with Crippen molar-refractivity contribution in [3.8, 4) is 11.5 Å². The minimum absolute atomic E-state index is 0.00911. The van der Waals surface area contributed by atoms with Crippen LogP contribution < -0.4 is 0 Å². The van der Waals surface area contributed by atoms with Crippen molar-refractivity contribution in [2.75, 3.05) is 13.7 Å². The summed E-state index contributed by atoms with van der Waals surface area (Å²) in [4.78, 5) is 29.4. The molecule has 170 valence electrons. The van der Waals surface area contributed by atoms with Crippen molar-refractivity contribution < 1.29 is 34.1 Å². The van der Waals surface area contributed by atoms with Crippen LogP contribution in [0, 0.1) is 5.92 Å². The molecule has 2 N–H and O–H groups in total. The van der Waals surface area contributed by atoms with Gasteiger partial charge in [-0.2, -0.15) is 0 Å². The third-order valence-corrected chi connectivity index (χ3v) is 5.01. The number of rotatable bonds is 4. The molecule has 0 aliphatic carbocycles. The van der Waals surface area contributed by atoms with E-state index in [9.17, 15) is 19.8 Å². The number of carbonyl (C=O) groups is 2. The Morgan fingerprint density at radius 1 is 1.26 bits per heavy atom. The lowest BCUT2D eigenvalue weighted by atomic mass is 9.97. The molecule has 8 nitrogen and oxygen atoms in total. The third kappa shape index (κ3) is 7.62. The molecule has 1 aliphatic rings. The van der Waals surface area contributed by atoms with E-state index in [0.29, 0.717) is 24.1 Å². The maximum atomic E-state index is 13.0. The topological polar surface area (TPSA) is 115 Å². The SMILES string of the molecule is COC(=O)CON=C1CCCCC=CC[C@@H](C(C)C)OC(=O)c2c(O)cc(O)cc2C1. The summed E-state index contributed by atoms with van der Waals surface area (Å²) < 4.78 is 10.2. The lowest BCUT2D eigenvalue weighted by Crippen LogP contribution is -2.24. The zero-order valence-corrected chi connectivity index (χ0v) is 18.3. The van der Waals surface area contributed by atoms with Crippen LogP contribution in [-0.2, 0) is 25.5 Å². The molecule has 0 saturated heterocycles. The lowest BCUT2D eigenvalue weighted by molar-refractivity contribution is -0.145. The highest BCUT2D eigenvalue weighted by Gasteiger charge is 2.25. The number of phenols is 2. The van der Waals surface area contributed by atoms with Crippen LogP contribution in [0.15, 0.2) is 29.4 Å². The molecule has 1 aliphatic heterocycles. The molecule has 2 rings (SSSR count). The van der Waals surface area contributed by atoms with E-state index in [1.165, 1.54) is 13.2 Å². The summed E-state index contributed by atoms with van der Waals surface area (Å²) in [5.74, 6) is -1.67. The number of oxime groups is 1. The summed E-state index contributed by atoms with van der Waals surface area (Å²) >= 11 is 0. The molecule has 0 radical (unpaired) electrons.